The van der Waals surface area contributed by atoms with Gasteiger partial charge in [0.1, 0.15) is 5.75 Å². The monoisotopic (exact) mass is 740 g/mol. The number of alkyl halides is 6. The predicted molar refractivity (Wildman–Crippen MR) is 151 cm³/mol. The first kappa shape index (κ1) is 31.7. The predicted octanol–water partition coefficient (Wildman–Crippen LogP) is 7.11. The summed E-state index contributed by atoms with van der Waals surface area (Å²) in [6.45, 7) is 4.97. The number of benzene rings is 3. The molecule has 0 aromatic heterocycles. The third-order valence-electron chi connectivity index (χ3n) is 5.71. The molecular formula is C27H23BrF5IN2O4. The SMILES string of the molecule is Cc1cc(C(O)(c2ccc(OC(F)(F)Br)cc2)C(F)(F)F)ccc1NC(=O)c1cccc(I)c1C(=O)NC(C)C. The van der Waals surface area contributed by atoms with Crippen LogP contribution in [0.2, 0.25) is 0 Å². The molecule has 0 aliphatic rings. The van der Waals surface area contributed by atoms with Crippen LogP contribution in [-0.4, -0.2) is 34.2 Å². The Kier molecular flexibility index (Phi) is 9.51. The van der Waals surface area contributed by atoms with Gasteiger partial charge in [-0.3, -0.25) is 9.59 Å². The summed E-state index contributed by atoms with van der Waals surface area (Å²) in [6.07, 6.45) is -5.20. The highest BCUT2D eigenvalue weighted by molar-refractivity contribution is 14.1. The standard InChI is InChI=1S/C27H23BrF5IN2O4/c1-14(2)35-24(38)22-19(5-4-6-20(22)34)23(37)36-21-12-9-17(13-15(21)3)25(39,26(29,30)31)16-7-10-18(11-8-16)40-27(28,32)33/h4-14,39H,1-3H3,(H,35,38)(H,36,37). The molecular weight excluding hydrogens is 718 g/mol. The second kappa shape index (κ2) is 12.0. The zero-order chi connectivity index (χ0) is 30.0. The van der Waals surface area contributed by atoms with E-state index in [-0.39, 0.29) is 28.4 Å². The third-order valence-corrected chi connectivity index (χ3v) is 6.77. The first-order valence-electron chi connectivity index (χ1n) is 11.6. The van der Waals surface area contributed by atoms with Crippen molar-refractivity contribution in [1.29, 1.82) is 0 Å². The lowest BCUT2D eigenvalue weighted by Crippen LogP contribution is -2.43. The van der Waals surface area contributed by atoms with Crippen molar-refractivity contribution in [3.8, 4) is 5.75 Å². The first-order chi connectivity index (χ1) is 18.4. The molecule has 3 N–H and O–H groups in total. The number of rotatable bonds is 8. The molecule has 40 heavy (non-hydrogen) atoms. The van der Waals surface area contributed by atoms with Crippen LogP contribution in [-0.2, 0) is 5.60 Å². The van der Waals surface area contributed by atoms with Gasteiger partial charge in [-0.05, 0) is 90.4 Å². The van der Waals surface area contributed by atoms with Crippen molar-refractivity contribution in [3.63, 3.8) is 0 Å². The molecule has 0 fully saturated rings. The van der Waals surface area contributed by atoms with Crippen LogP contribution in [0.15, 0.2) is 60.7 Å². The van der Waals surface area contributed by atoms with Crippen LogP contribution >= 0.6 is 38.5 Å². The topological polar surface area (TPSA) is 87.7 Å². The molecule has 214 valence electrons. The number of nitrogens with one attached hydrogen (secondary N) is 2. The second-order valence-corrected chi connectivity index (χ2v) is 11.1. The van der Waals surface area contributed by atoms with E-state index in [0.29, 0.717) is 3.57 Å². The number of amides is 2. The van der Waals surface area contributed by atoms with Gasteiger partial charge in [-0.1, -0.05) is 30.3 Å². The summed E-state index contributed by atoms with van der Waals surface area (Å²) in [5.41, 5.74) is -4.16. The highest BCUT2D eigenvalue weighted by atomic mass is 127. The van der Waals surface area contributed by atoms with Gasteiger partial charge in [0.05, 0.1) is 11.1 Å². The van der Waals surface area contributed by atoms with Crippen molar-refractivity contribution in [2.24, 2.45) is 0 Å². The number of halogens is 7. The normalized spacial score (nSPS) is 13.5. The van der Waals surface area contributed by atoms with Gasteiger partial charge in [-0.15, -0.1) is 0 Å². The Hall–Kier alpha value is -2.78. The van der Waals surface area contributed by atoms with Crippen molar-refractivity contribution in [1.82, 2.24) is 5.32 Å². The van der Waals surface area contributed by atoms with Crippen molar-refractivity contribution in [3.05, 3.63) is 92.1 Å². The van der Waals surface area contributed by atoms with Gasteiger partial charge in [0.2, 0.25) is 5.60 Å². The van der Waals surface area contributed by atoms with Crippen LogP contribution in [0.5, 0.6) is 5.75 Å². The number of carbonyl (C=O) groups is 2. The minimum absolute atomic E-state index is 0.0664. The zero-order valence-electron chi connectivity index (χ0n) is 21.2. The lowest BCUT2D eigenvalue weighted by atomic mass is 9.84. The maximum absolute atomic E-state index is 14.2. The largest absolute Gasteiger partial charge is 0.459 e. The van der Waals surface area contributed by atoms with Gasteiger partial charge in [0.25, 0.3) is 11.8 Å². The van der Waals surface area contributed by atoms with Gasteiger partial charge in [-0.25, -0.2) is 0 Å². The van der Waals surface area contributed by atoms with Crippen LogP contribution in [0.3, 0.4) is 0 Å². The van der Waals surface area contributed by atoms with E-state index in [1.54, 1.807) is 26.0 Å². The second-order valence-electron chi connectivity index (χ2n) is 9.05. The number of aliphatic hydroxyl groups is 1. The summed E-state index contributed by atoms with van der Waals surface area (Å²) in [6, 6.07) is 11.2. The Bertz CT molecular complexity index is 1410. The lowest BCUT2D eigenvalue weighted by molar-refractivity contribution is -0.248. The maximum atomic E-state index is 14.2. The van der Waals surface area contributed by atoms with Crippen molar-refractivity contribution >= 4 is 56.0 Å². The van der Waals surface area contributed by atoms with Crippen LogP contribution in [0.1, 0.15) is 51.3 Å². The molecule has 0 bridgehead atoms. The molecule has 0 aliphatic heterocycles. The number of anilines is 1. The highest BCUT2D eigenvalue weighted by Crippen LogP contribution is 2.45. The quantitative estimate of drug-likeness (QED) is 0.131. The van der Waals surface area contributed by atoms with E-state index in [1.807, 2.05) is 38.5 Å². The zero-order valence-corrected chi connectivity index (χ0v) is 24.9. The van der Waals surface area contributed by atoms with E-state index in [2.05, 4.69) is 15.4 Å². The fourth-order valence-electron chi connectivity index (χ4n) is 3.89. The summed E-state index contributed by atoms with van der Waals surface area (Å²) >= 11 is 3.91. The van der Waals surface area contributed by atoms with E-state index in [0.717, 1.165) is 36.4 Å². The number of ether oxygens (including phenoxy) is 1. The summed E-state index contributed by atoms with van der Waals surface area (Å²) in [7, 11) is 0. The Morgan fingerprint density at radius 1 is 0.950 bits per heavy atom. The fraction of sp³-hybridized carbons (Fsp3) is 0.259. The highest BCUT2D eigenvalue weighted by Gasteiger charge is 2.56. The molecule has 0 saturated carbocycles. The van der Waals surface area contributed by atoms with Crippen LogP contribution < -0.4 is 15.4 Å². The van der Waals surface area contributed by atoms with E-state index < -0.39 is 45.5 Å². The molecule has 0 heterocycles. The molecule has 0 spiro atoms. The molecule has 13 heteroatoms. The number of hydrogen-bond acceptors (Lipinski definition) is 4. The molecule has 2 amide bonds. The van der Waals surface area contributed by atoms with E-state index >= 15 is 0 Å². The van der Waals surface area contributed by atoms with E-state index in [9.17, 15) is 36.6 Å². The summed E-state index contributed by atoms with van der Waals surface area (Å²) in [4.78, 5) is 25.8. The molecule has 6 nitrogen and oxygen atoms in total. The van der Waals surface area contributed by atoms with E-state index in [4.69, 9.17) is 0 Å². The van der Waals surface area contributed by atoms with Crippen LogP contribution in [0.4, 0.5) is 27.6 Å². The average Bonchev–Trinajstić information content (AvgIpc) is 2.82. The smallest absolute Gasteiger partial charge is 0.424 e. The number of carbonyl (C=O) groups excluding carboxylic acids is 2. The Labute approximate surface area is 248 Å². The lowest BCUT2D eigenvalue weighted by Gasteiger charge is -2.32. The summed E-state index contributed by atoms with van der Waals surface area (Å²) in [5, 5.41) is 12.5. The van der Waals surface area contributed by atoms with Crippen LogP contribution in [0, 0.1) is 10.5 Å². The average molecular weight is 741 g/mol. The molecule has 0 saturated heterocycles. The van der Waals surface area contributed by atoms with Crippen molar-refractivity contribution < 1.29 is 41.4 Å². The molecule has 3 aromatic carbocycles. The minimum atomic E-state index is -5.20. The van der Waals surface area contributed by atoms with Gasteiger partial charge >= 0.3 is 11.2 Å². The summed E-state index contributed by atoms with van der Waals surface area (Å²) in [5.74, 6) is -1.54. The maximum Gasteiger partial charge on any atom is 0.459 e. The molecule has 0 radical (unpaired) electrons. The molecule has 3 aromatic rings. The van der Waals surface area contributed by atoms with Gasteiger partial charge in [0, 0.05) is 31.2 Å². The van der Waals surface area contributed by atoms with Gasteiger partial charge in [0.15, 0.2) is 0 Å². The number of hydrogen-bond donors (Lipinski definition) is 3. The van der Waals surface area contributed by atoms with Crippen molar-refractivity contribution in [2.75, 3.05) is 5.32 Å². The minimum Gasteiger partial charge on any atom is -0.424 e. The third kappa shape index (κ3) is 7.10. The molecule has 3 rings (SSSR count). The fourth-order valence-corrected chi connectivity index (χ4v) is 4.82. The molecule has 1 atom stereocenters. The van der Waals surface area contributed by atoms with Crippen LogP contribution in [0.25, 0.3) is 0 Å². The van der Waals surface area contributed by atoms with E-state index in [1.165, 1.54) is 19.1 Å². The van der Waals surface area contributed by atoms with Gasteiger partial charge in [-0.2, -0.15) is 22.0 Å². The number of aryl methyl sites for hydroxylation is 1. The Morgan fingerprint density at radius 3 is 2.08 bits per heavy atom. The van der Waals surface area contributed by atoms with Crippen molar-refractivity contribution in [2.45, 2.75) is 43.6 Å². The first-order valence-corrected chi connectivity index (χ1v) is 13.5. The molecule has 1 unspecified atom stereocenters. The summed E-state index contributed by atoms with van der Waals surface area (Å²) < 4.78 is 73.6. The Morgan fingerprint density at radius 2 is 1.55 bits per heavy atom. The molecule has 0 aliphatic carbocycles. The van der Waals surface area contributed by atoms with Gasteiger partial charge < -0.3 is 20.5 Å². The Balaban J connectivity index is 1.96.